The maximum atomic E-state index is 12.2. The maximum Gasteiger partial charge on any atom is 0.217 e. The predicted octanol–water partition coefficient (Wildman–Crippen LogP) is 2.05. The van der Waals surface area contributed by atoms with Crippen molar-refractivity contribution in [1.82, 2.24) is 4.31 Å². The van der Waals surface area contributed by atoms with Gasteiger partial charge in [0.05, 0.1) is 11.4 Å². The van der Waals surface area contributed by atoms with Gasteiger partial charge in [-0.05, 0) is 37.5 Å². The third kappa shape index (κ3) is 5.76. The molecule has 7 heteroatoms. The second kappa shape index (κ2) is 8.51. The number of nitrogens with two attached hydrogens (primary N) is 1. The molecule has 1 rings (SSSR count). The molecule has 1 atom stereocenters. The van der Waals surface area contributed by atoms with Crippen molar-refractivity contribution in [3.05, 3.63) is 24.3 Å². The van der Waals surface area contributed by atoms with Gasteiger partial charge in [0.1, 0.15) is 12.4 Å². The van der Waals surface area contributed by atoms with E-state index in [4.69, 9.17) is 10.5 Å². The smallest absolute Gasteiger partial charge is 0.217 e. The average Bonchev–Trinajstić information content (AvgIpc) is 2.45. The molecule has 0 spiro atoms. The fourth-order valence-electron chi connectivity index (χ4n) is 1.76. The van der Waals surface area contributed by atoms with Crippen molar-refractivity contribution in [2.24, 2.45) is 0 Å². The Balaban J connectivity index is 2.51. The minimum atomic E-state index is -3.31. The number of nitrogen functional groups attached to an aromatic ring is 1. The standard InChI is InChI=1S/C14H24N2O3S2/c1-12(8-10-20-3)16(2)21(17,18)11-9-19-14-7-5-4-6-13(14)15/h4-7,12H,8-11,15H2,1-3H3. The Labute approximate surface area is 131 Å². The lowest BCUT2D eigenvalue weighted by molar-refractivity contribution is 0.332. The van der Waals surface area contributed by atoms with Crippen molar-refractivity contribution in [1.29, 1.82) is 0 Å². The van der Waals surface area contributed by atoms with Gasteiger partial charge in [-0.25, -0.2) is 12.7 Å². The maximum absolute atomic E-state index is 12.2. The molecule has 0 bridgehead atoms. The monoisotopic (exact) mass is 332 g/mol. The number of anilines is 1. The van der Waals surface area contributed by atoms with E-state index in [1.165, 1.54) is 4.31 Å². The van der Waals surface area contributed by atoms with E-state index in [2.05, 4.69) is 0 Å². The van der Waals surface area contributed by atoms with Crippen LogP contribution in [0.4, 0.5) is 5.69 Å². The van der Waals surface area contributed by atoms with Crippen LogP contribution >= 0.6 is 11.8 Å². The molecule has 0 aliphatic heterocycles. The summed E-state index contributed by atoms with van der Waals surface area (Å²) in [6.07, 6.45) is 2.85. The number of thioether (sulfide) groups is 1. The number of hydrogen-bond donors (Lipinski definition) is 1. The van der Waals surface area contributed by atoms with E-state index in [9.17, 15) is 8.42 Å². The Bertz CT molecular complexity index is 535. The molecule has 0 aromatic heterocycles. The molecule has 0 aliphatic carbocycles. The number of sulfonamides is 1. The summed E-state index contributed by atoms with van der Waals surface area (Å²) in [4.78, 5) is 0. The highest BCUT2D eigenvalue weighted by atomic mass is 32.2. The van der Waals surface area contributed by atoms with Crippen LogP contribution in [0.2, 0.25) is 0 Å². The van der Waals surface area contributed by atoms with Gasteiger partial charge in [0.15, 0.2) is 0 Å². The van der Waals surface area contributed by atoms with Crippen LogP contribution < -0.4 is 10.5 Å². The molecular weight excluding hydrogens is 308 g/mol. The lowest BCUT2D eigenvalue weighted by atomic mass is 10.3. The Hall–Kier alpha value is -0.920. The van der Waals surface area contributed by atoms with Crippen molar-refractivity contribution < 1.29 is 13.2 Å². The second-order valence-corrected chi connectivity index (χ2v) is 7.98. The van der Waals surface area contributed by atoms with Gasteiger partial charge in [0.25, 0.3) is 0 Å². The summed E-state index contributed by atoms with van der Waals surface area (Å²) in [6.45, 7) is 2.01. The molecule has 0 radical (unpaired) electrons. The van der Waals surface area contributed by atoms with Crippen LogP contribution in [-0.2, 0) is 10.0 Å². The number of benzene rings is 1. The summed E-state index contributed by atoms with van der Waals surface area (Å²) in [5.41, 5.74) is 6.26. The zero-order valence-electron chi connectivity index (χ0n) is 12.8. The number of hydrogen-bond acceptors (Lipinski definition) is 5. The molecule has 0 amide bonds. The van der Waals surface area contributed by atoms with Crippen molar-refractivity contribution >= 4 is 27.5 Å². The highest BCUT2D eigenvalue weighted by Crippen LogP contribution is 2.20. The van der Waals surface area contributed by atoms with Crippen molar-refractivity contribution in [3.63, 3.8) is 0 Å². The number of para-hydroxylation sites is 2. The molecular formula is C14H24N2O3S2. The van der Waals surface area contributed by atoms with Gasteiger partial charge < -0.3 is 10.5 Å². The van der Waals surface area contributed by atoms with Crippen LogP contribution in [0.5, 0.6) is 5.75 Å². The van der Waals surface area contributed by atoms with Gasteiger partial charge in [-0.1, -0.05) is 12.1 Å². The van der Waals surface area contributed by atoms with E-state index in [1.54, 1.807) is 43.1 Å². The zero-order valence-corrected chi connectivity index (χ0v) is 14.4. The summed E-state index contributed by atoms with van der Waals surface area (Å²) in [6, 6.07) is 7.05. The normalized spacial score (nSPS) is 13.3. The first-order chi connectivity index (χ1) is 9.88. The molecule has 2 N–H and O–H groups in total. The Morgan fingerprint density at radius 3 is 2.67 bits per heavy atom. The molecule has 0 aliphatic rings. The van der Waals surface area contributed by atoms with Gasteiger partial charge in [-0.15, -0.1) is 0 Å². The van der Waals surface area contributed by atoms with Gasteiger partial charge >= 0.3 is 0 Å². The van der Waals surface area contributed by atoms with Crippen LogP contribution in [0.15, 0.2) is 24.3 Å². The first kappa shape index (κ1) is 18.1. The minimum Gasteiger partial charge on any atom is -0.490 e. The molecule has 1 aromatic carbocycles. The van der Waals surface area contributed by atoms with Crippen molar-refractivity contribution in [3.8, 4) is 5.75 Å². The summed E-state index contributed by atoms with van der Waals surface area (Å²) >= 11 is 1.71. The van der Waals surface area contributed by atoms with E-state index in [0.717, 1.165) is 12.2 Å². The molecule has 120 valence electrons. The van der Waals surface area contributed by atoms with E-state index in [-0.39, 0.29) is 18.4 Å². The largest absolute Gasteiger partial charge is 0.490 e. The van der Waals surface area contributed by atoms with Gasteiger partial charge in [0.2, 0.25) is 10.0 Å². The van der Waals surface area contributed by atoms with E-state index in [0.29, 0.717) is 11.4 Å². The summed E-state index contributed by atoms with van der Waals surface area (Å²) in [5.74, 6) is 1.41. The van der Waals surface area contributed by atoms with Crippen LogP contribution in [0, 0.1) is 0 Å². The Morgan fingerprint density at radius 2 is 2.05 bits per heavy atom. The quantitative estimate of drug-likeness (QED) is 0.701. The molecule has 0 heterocycles. The molecule has 0 saturated heterocycles. The first-order valence-electron chi connectivity index (χ1n) is 6.80. The van der Waals surface area contributed by atoms with Crippen LogP contribution in [0.3, 0.4) is 0 Å². The van der Waals surface area contributed by atoms with Gasteiger partial charge in [-0.3, -0.25) is 0 Å². The molecule has 1 aromatic rings. The topological polar surface area (TPSA) is 72.6 Å². The summed E-state index contributed by atoms with van der Waals surface area (Å²) in [5, 5.41) is 0. The molecule has 5 nitrogen and oxygen atoms in total. The van der Waals surface area contributed by atoms with E-state index < -0.39 is 10.0 Å². The summed E-state index contributed by atoms with van der Waals surface area (Å²) in [7, 11) is -1.69. The van der Waals surface area contributed by atoms with Gasteiger partial charge in [-0.2, -0.15) is 11.8 Å². The lowest BCUT2D eigenvalue weighted by Gasteiger charge is -2.24. The average molecular weight is 332 g/mol. The fourth-order valence-corrected chi connectivity index (χ4v) is 3.57. The molecule has 0 fully saturated rings. The van der Waals surface area contributed by atoms with Crippen LogP contribution in [0.25, 0.3) is 0 Å². The highest BCUT2D eigenvalue weighted by Gasteiger charge is 2.22. The number of ether oxygens (including phenoxy) is 1. The van der Waals surface area contributed by atoms with Gasteiger partial charge in [0, 0.05) is 13.1 Å². The van der Waals surface area contributed by atoms with Crippen LogP contribution in [0.1, 0.15) is 13.3 Å². The summed E-state index contributed by atoms with van der Waals surface area (Å²) < 4.78 is 31.3. The third-order valence-corrected chi connectivity index (χ3v) is 5.88. The van der Waals surface area contributed by atoms with E-state index >= 15 is 0 Å². The number of rotatable bonds is 9. The second-order valence-electron chi connectivity index (χ2n) is 4.85. The third-order valence-electron chi connectivity index (χ3n) is 3.32. The first-order valence-corrected chi connectivity index (χ1v) is 9.80. The Morgan fingerprint density at radius 1 is 1.38 bits per heavy atom. The minimum absolute atomic E-state index is 0.00996. The van der Waals surface area contributed by atoms with Crippen molar-refractivity contribution in [2.45, 2.75) is 19.4 Å². The fraction of sp³-hybridized carbons (Fsp3) is 0.571. The molecule has 21 heavy (non-hydrogen) atoms. The van der Waals surface area contributed by atoms with Crippen LogP contribution in [-0.4, -0.2) is 50.2 Å². The van der Waals surface area contributed by atoms with E-state index in [1.807, 2.05) is 13.2 Å². The zero-order chi connectivity index (χ0) is 15.9. The lowest BCUT2D eigenvalue weighted by Crippen LogP contribution is -2.38. The number of nitrogens with zero attached hydrogens (tertiary/aromatic N) is 1. The highest BCUT2D eigenvalue weighted by molar-refractivity contribution is 7.98. The Kier molecular flexibility index (Phi) is 7.34. The predicted molar refractivity (Wildman–Crippen MR) is 90.4 cm³/mol. The SMILES string of the molecule is CSCCC(C)N(C)S(=O)(=O)CCOc1ccccc1N. The van der Waals surface area contributed by atoms with Crippen molar-refractivity contribution in [2.75, 3.05) is 37.1 Å². The molecule has 0 saturated carbocycles. The molecule has 1 unspecified atom stereocenters.